The third-order valence-electron chi connectivity index (χ3n) is 1.61. The van der Waals surface area contributed by atoms with Gasteiger partial charge in [-0.05, 0) is 6.07 Å². The van der Waals surface area contributed by atoms with E-state index < -0.39 is 0 Å². The predicted octanol–water partition coefficient (Wildman–Crippen LogP) is 0.830. The van der Waals surface area contributed by atoms with Crippen molar-refractivity contribution in [2.75, 3.05) is 6.54 Å². The first kappa shape index (κ1) is 10.8. The van der Waals surface area contributed by atoms with Crippen LogP contribution in [-0.4, -0.2) is 16.3 Å². The van der Waals surface area contributed by atoms with Gasteiger partial charge in [0.05, 0.1) is 12.2 Å². The van der Waals surface area contributed by atoms with Crippen molar-refractivity contribution in [3.05, 3.63) is 18.0 Å². The summed E-state index contributed by atoms with van der Waals surface area (Å²) in [6.45, 7) is 3.04. The lowest BCUT2D eigenvalue weighted by molar-refractivity contribution is 0.475. The SMILES string of the molecule is Cl.Cl.c1cc2n(n1)CCNC2. The van der Waals surface area contributed by atoms with Gasteiger partial charge in [-0.2, -0.15) is 5.10 Å². The number of rotatable bonds is 0. The van der Waals surface area contributed by atoms with Crippen LogP contribution in [0.5, 0.6) is 0 Å². The van der Waals surface area contributed by atoms with Crippen LogP contribution in [0, 0.1) is 0 Å². The lowest BCUT2D eigenvalue weighted by atomic mass is 10.3. The van der Waals surface area contributed by atoms with Gasteiger partial charge in [0.2, 0.25) is 0 Å². The molecule has 64 valence electrons. The van der Waals surface area contributed by atoms with Crippen LogP contribution in [0.15, 0.2) is 12.3 Å². The summed E-state index contributed by atoms with van der Waals surface area (Å²) in [5.41, 5.74) is 1.29. The molecule has 3 nitrogen and oxygen atoms in total. The molecule has 0 amide bonds. The highest BCUT2D eigenvalue weighted by Gasteiger charge is 2.05. The van der Waals surface area contributed by atoms with Crippen LogP contribution in [0.4, 0.5) is 0 Å². The Kier molecular flexibility index (Phi) is 4.49. The summed E-state index contributed by atoms with van der Waals surface area (Å²) in [7, 11) is 0. The van der Waals surface area contributed by atoms with E-state index in [9.17, 15) is 0 Å². The molecule has 0 unspecified atom stereocenters. The van der Waals surface area contributed by atoms with Crippen LogP contribution in [0.3, 0.4) is 0 Å². The topological polar surface area (TPSA) is 29.9 Å². The van der Waals surface area contributed by atoms with E-state index in [-0.39, 0.29) is 24.8 Å². The average Bonchev–Trinajstić information content (AvgIpc) is 2.33. The number of halogens is 2. The average molecular weight is 196 g/mol. The molecule has 2 heterocycles. The molecule has 2 rings (SSSR count). The molecule has 0 saturated carbocycles. The molecule has 1 aromatic rings. The highest BCUT2D eigenvalue weighted by atomic mass is 35.5. The van der Waals surface area contributed by atoms with Gasteiger partial charge in [0.25, 0.3) is 0 Å². The smallest absolute Gasteiger partial charge is 0.0537 e. The summed E-state index contributed by atoms with van der Waals surface area (Å²) in [6, 6.07) is 2.05. The lowest BCUT2D eigenvalue weighted by Crippen LogP contribution is -2.28. The fourth-order valence-corrected chi connectivity index (χ4v) is 1.11. The first-order valence-electron chi connectivity index (χ1n) is 3.18. The quantitative estimate of drug-likeness (QED) is 0.666. The Hall–Kier alpha value is -0.250. The predicted molar refractivity (Wildman–Crippen MR) is 48.4 cm³/mol. The highest BCUT2D eigenvalue weighted by Crippen LogP contribution is 2.00. The minimum atomic E-state index is 0. The van der Waals surface area contributed by atoms with Gasteiger partial charge in [0, 0.05) is 19.3 Å². The number of fused-ring (bicyclic) bond motifs is 1. The number of nitrogens with zero attached hydrogens (tertiary/aromatic N) is 2. The van der Waals surface area contributed by atoms with Crippen molar-refractivity contribution in [2.24, 2.45) is 0 Å². The molecule has 0 saturated heterocycles. The lowest BCUT2D eigenvalue weighted by Gasteiger charge is -2.13. The Balaban J connectivity index is 0.000000500. The summed E-state index contributed by atoms with van der Waals surface area (Å²) in [5, 5.41) is 7.40. The second-order valence-electron chi connectivity index (χ2n) is 2.22. The fraction of sp³-hybridized carbons (Fsp3) is 0.500. The fourth-order valence-electron chi connectivity index (χ4n) is 1.11. The molecule has 1 aliphatic rings. The van der Waals surface area contributed by atoms with Gasteiger partial charge in [-0.3, -0.25) is 4.68 Å². The van der Waals surface area contributed by atoms with Crippen molar-refractivity contribution in [1.82, 2.24) is 15.1 Å². The molecule has 0 bridgehead atoms. The Labute approximate surface area is 78.0 Å². The molecule has 1 aliphatic heterocycles. The Bertz CT molecular complexity index is 191. The molecule has 0 radical (unpaired) electrons. The second kappa shape index (κ2) is 4.59. The van der Waals surface area contributed by atoms with Crippen LogP contribution in [-0.2, 0) is 13.1 Å². The van der Waals surface area contributed by atoms with Crippen LogP contribution in [0.2, 0.25) is 0 Å². The normalized spacial score (nSPS) is 14.2. The van der Waals surface area contributed by atoms with E-state index in [2.05, 4.69) is 10.4 Å². The standard InChI is InChI=1S/C6H9N3.2ClH/c1-2-8-9-4-3-7-5-6(1)9;;/h1-2,7H,3-5H2;2*1H. The van der Waals surface area contributed by atoms with E-state index in [1.807, 2.05) is 16.9 Å². The maximum atomic E-state index is 4.13. The molecule has 0 spiro atoms. The van der Waals surface area contributed by atoms with E-state index in [0.29, 0.717) is 0 Å². The van der Waals surface area contributed by atoms with Gasteiger partial charge < -0.3 is 5.32 Å². The highest BCUT2D eigenvalue weighted by molar-refractivity contribution is 5.85. The van der Waals surface area contributed by atoms with Gasteiger partial charge in [-0.25, -0.2) is 0 Å². The number of aromatic nitrogens is 2. The molecule has 0 fully saturated rings. The zero-order valence-electron chi connectivity index (χ0n) is 5.99. The van der Waals surface area contributed by atoms with Gasteiger partial charge in [0.15, 0.2) is 0 Å². The molecule has 0 aliphatic carbocycles. The van der Waals surface area contributed by atoms with Crippen molar-refractivity contribution in [2.45, 2.75) is 13.1 Å². The van der Waals surface area contributed by atoms with Crippen molar-refractivity contribution < 1.29 is 0 Å². The third-order valence-corrected chi connectivity index (χ3v) is 1.61. The third kappa shape index (κ3) is 2.09. The molecule has 1 aromatic heterocycles. The maximum absolute atomic E-state index is 4.13. The zero-order chi connectivity index (χ0) is 6.10. The molecule has 0 aromatic carbocycles. The Morgan fingerprint density at radius 3 is 3.00 bits per heavy atom. The van der Waals surface area contributed by atoms with Crippen LogP contribution >= 0.6 is 24.8 Å². The molecule has 0 atom stereocenters. The Morgan fingerprint density at radius 1 is 1.45 bits per heavy atom. The van der Waals surface area contributed by atoms with Crippen molar-refractivity contribution in [3.63, 3.8) is 0 Å². The van der Waals surface area contributed by atoms with Gasteiger partial charge >= 0.3 is 0 Å². The van der Waals surface area contributed by atoms with Crippen molar-refractivity contribution >= 4 is 24.8 Å². The summed E-state index contributed by atoms with van der Waals surface area (Å²) in [6.07, 6.45) is 1.85. The van der Waals surface area contributed by atoms with Crippen LogP contribution in [0.25, 0.3) is 0 Å². The van der Waals surface area contributed by atoms with Crippen molar-refractivity contribution in [3.8, 4) is 0 Å². The van der Waals surface area contributed by atoms with Gasteiger partial charge in [-0.1, -0.05) is 0 Å². The largest absolute Gasteiger partial charge is 0.309 e. The second-order valence-corrected chi connectivity index (χ2v) is 2.22. The van der Waals surface area contributed by atoms with Gasteiger partial charge in [0.1, 0.15) is 0 Å². The summed E-state index contributed by atoms with van der Waals surface area (Å²) >= 11 is 0. The van der Waals surface area contributed by atoms with E-state index >= 15 is 0 Å². The number of hydrogen-bond donors (Lipinski definition) is 1. The molecular formula is C6H11Cl2N3. The summed E-state index contributed by atoms with van der Waals surface area (Å²) in [4.78, 5) is 0. The first-order chi connectivity index (χ1) is 4.47. The minimum absolute atomic E-state index is 0. The van der Waals surface area contributed by atoms with Crippen molar-refractivity contribution in [1.29, 1.82) is 0 Å². The van der Waals surface area contributed by atoms with Gasteiger partial charge in [-0.15, -0.1) is 24.8 Å². The first-order valence-corrected chi connectivity index (χ1v) is 3.18. The van der Waals surface area contributed by atoms with E-state index in [4.69, 9.17) is 0 Å². The van der Waals surface area contributed by atoms with E-state index in [0.717, 1.165) is 19.6 Å². The zero-order valence-corrected chi connectivity index (χ0v) is 7.62. The number of nitrogens with one attached hydrogen (secondary N) is 1. The summed E-state index contributed by atoms with van der Waals surface area (Å²) in [5.74, 6) is 0. The number of hydrogen-bond acceptors (Lipinski definition) is 2. The summed E-state index contributed by atoms with van der Waals surface area (Å²) < 4.78 is 2.04. The van der Waals surface area contributed by atoms with E-state index in [1.54, 1.807) is 0 Å². The maximum Gasteiger partial charge on any atom is 0.0537 e. The van der Waals surface area contributed by atoms with Crippen LogP contribution in [0.1, 0.15) is 5.69 Å². The molecule has 1 N–H and O–H groups in total. The van der Waals surface area contributed by atoms with E-state index in [1.165, 1.54) is 5.69 Å². The monoisotopic (exact) mass is 195 g/mol. The molecular weight excluding hydrogens is 185 g/mol. The van der Waals surface area contributed by atoms with Crippen LogP contribution < -0.4 is 5.32 Å². The minimum Gasteiger partial charge on any atom is -0.309 e. The molecule has 11 heavy (non-hydrogen) atoms. The molecule has 5 heteroatoms. The Morgan fingerprint density at radius 2 is 2.27 bits per heavy atom.